The highest BCUT2D eigenvalue weighted by molar-refractivity contribution is 7.22. The third-order valence-corrected chi connectivity index (χ3v) is 7.49. The molecule has 5 rings (SSSR count). The normalized spacial score (nSPS) is 14.3. The molecule has 0 bridgehead atoms. The van der Waals surface area contributed by atoms with Crippen LogP contribution in [0, 0.1) is 11.8 Å². The van der Waals surface area contributed by atoms with E-state index >= 15 is 0 Å². The molecule has 0 radical (unpaired) electrons. The van der Waals surface area contributed by atoms with Crippen molar-refractivity contribution in [3.8, 4) is 21.7 Å². The van der Waals surface area contributed by atoms with Gasteiger partial charge in [0.15, 0.2) is 5.82 Å². The van der Waals surface area contributed by atoms with Crippen LogP contribution in [0.1, 0.15) is 25.5 Å². The van der Waals surface area contributed by atoms with Crippen LogP contribution < -0.4 is 16.0 Å². The van der Waals surface area contributed by atoms with Crippen LogP contribution in [0.3, 0.4) is 0 Å². The van der Waals surface area contributed by atoms with Crippen molar-refractivity contribution in [1.29, 1.82) is 0 Å². The van der Waals surface area contributed by atoms with E-state index in [1.54, 1.807) is 11.1 Å². The molecule has 1 fully saturated rings. The highest BCUT2D eigenvalue weighted by Gasteiger charge is 2.20. The number of nitrogens with zero attached hydrogens (tertiary/aromatic N) is 4. The maximum atomic E-state index is 14.9. The van der Waals surface area contributed by atoms with Crippen LogP contribution in [0.5, 0.6) is 0 Å². The summed E-state index contributed by atoms with van der Waals surface area (Å²) in [7, 11) is 0. The Kier molecular flexibility index (Phi) is 7.24. The third-order valence-electron chi connectivity index (χ3n) is 6.30. The van der Waals surface area contributed by atoms with E-state index in [-0.39, 0.29) is 23.7 Å². The Morgan fingerprint density at radius 3 is 2.84 bits per heavy atom. The van der Waals surface area contributed by atoms with Crippen LogP contribution in [0.15, 0.2) is 42.7 Å². The predicted molar refractivity (Wildman–Crippen MR) is 142 cm³/mol. The van der Waals surface area contributed by atoms with Gasteiger partial charge < -0.3 is 20.9 Å². The van der Waals surface area contributed by atoms with E-state index in [4.69, 9.17) is 0 Å². The van der Waals surface area contributed by atoms with E-state index in [1.807, 2.05) is 38.1 Å². The van der Waals surface area contributed by atoms with Gasteiger partial charge in [0.05, 0.1) is 11.1 Å². The molecule has 0 spiro atoms. The lowest BCUT2D eigenvalue weighted by Crippen LogP contribution is -2.32. The van der Waals surface area contributed by atoms with Crippen molar-refractivity contribution in [2.75, 3.05) is 38.0 Å². The number of pyridine rings is 1. The van der Waals surface area contributed by atoms with E-state index in [0.717, 1.165) is 39.5 Å². The Bertz CT molecular complexity index is 1440. The lowest BCUT2D eigenvalue weighted by atomic mass is 9.96. The molecule has 1 atom stereocenters. The standard InChI is InChI=1S/C26H27F2N7OS/c1-3-29-15(2)19-13-32-22(28)12-18(19)17-6-4-5-16-11-21(37-24(16)17)23-20(27)14-33-25(34-23)30-7-9-35-10-8-31-26(35)36/h4-6,11-15,29H,3,7-10H2,1-2H3,(H,31,36)(H,30,33,34)/t15-/m1/s1. The number of thiophene rings is 1. The second kappa shape index (κ2) is 10.7. The summed E-state index contributed by atoms with van der Waals surface area (Å²) in [4.78, 5) is 26.4. The van der Waals surface area contributed by atoms with Crippen molar-refractivity contribution in [1.82, 2.24) is 30.5 Å². The van der Waals surface area contributed by atoms with Gasteiger partial charge >= 0.3 is 6.03 Å². The average molecular weight is 524 g/mol. The molecule has 1 aliphatic heterocycles. The SMILES string of the molecule is CCN[C@H](C)c1cnc(F)cc1-c1cccc2cc(-c3nc(NCCN4CCNC4=O)ncc3F)sc12. The van der Waals surface area contributed by atoms with E-state index < -0.39 is 11.8 Å². The molecule has 4 heterocycles. The Hall–Kier alpha value is -3.70. The highest BCUT2D eigenvalue weighted by Crippen LogP contribution is 2.41. The molecule has 1 saturated heterocycles. The summed E-state index contributed by atoms with van der Waals surface area (Å²) in [6.45, 7) is 7.01. The number of fused-ring (bicyclic) bond motifs is 1. The average Bonchev–Trinajstić information content (AvgIpc) is 3.51. The summed E-state index contributed by atoms with van der Waals surface area (Å²) in [6.07, 6.45) is 2.71. The molecular weight excluding hydrogens is 496 g/mol. The monoisotopic (exact) mass is 523 g/mol. The van der Waals surface area contributed by atoms with Gasteiger partial charge in [-0.3, -0.25) is 0 Å². The van der Waals surface area contributed by atoms with Crippen LogP contribution >= 0.6 is 11.3 Å². The van der Waals surface area contributed by atoms with Gasteiger partial charge in [-0.15, -0.1) is 11.3 Å². The number of carbonyl (C=O) groups is 1. The van der Waals surface area contributed by atoms with Crippen LogP contribution in [0.4, 0.5) is 19.5 Å². The van der Waals surface area contributed by atoms with E-state index in [1.165, 1.54) is 17.4 Å². The lowest BCUT2D eigenvalue weighted by Gasteiger charge is -2.17. The first-order valence-corrected chi connectivity index (χ1v) is 13.0. The summed E-state index contributed by atoms with van der Waals surface area (Å²) in [5.74, 6) is -0.805. The van der Waals surface area contributed by atoms with Crippen LogP contribution in [-0.2, 0) is 0 Å². The topological polar surface area (TPSA) is 95.1 Å². The molecule has 0 aliphatic carbocycles. The molecule has 11 heteroatoms. The van der Waals surface area contributed by atoms with E-state index in [2.05, 4.69) is 30.9 Å². The van der Waals surface area contributed by atoms with Crippen molar-refractivity contribution in [3.63, 3.8) is 0 Å². The Morgan fingerprint density at radius 2 is 2.05 bits per heavy atom. The summed E-state index contributed by atoms with van der Waals surface area (Å²) in [5, 5.41) is 10.1. The molecule has 3 N–H and O–H groups in total. The maximum absolute atomic E-state index is 14.9. The fraction of sp³-hybridized carbons (Fsp3) is 0.308. The van der Waals surface area contributed by atoms with E-state index in [0.29, 0.717) is 31.1 Å². The predicted octanol–water partition coefficient (Wildman–Crippen LogP) is 4.81. The zero-order valence-electron chi connectivity index (χ0n) is 20.5. The number of hydrogen-bond acceptors (Lipinski definition) is 7. The summed E-state index contributed by atoms with van der Waals surface area (Å²) in [6, 6.07) is 9.01. The van der Waals surface area contributed by atoms with Gasteiger partial charge in [-0.2, -0.15) is 4.39 Å². The number of hydrogen-bond donors (Lipinski definition) is 3. The molecule has 4 aromatic rings. The largest absolute Gasteiger partial charge is 0.352 e. The zero-order valence-corrected chi connectivity index (χ0v) is 21.3. The summed E-state index contributed by atoms with van der Waals surface area (Å²) < 4.78 is 30.0. The fourth-order valence-electron chi connectivity index (χ4n) is 4.48. The summed E-state index contributed by atoms with van der Waals surface area (Å²) >= 11 is 1.40. The number of urea groups is 1. The molecule has 3 aromatic heterocycles. The first-order chi connectivity index (χ1) is 17.9. The molecule has 0 unspecified atom stereocenters. The second-order valence-corrected chi connectivity index (χ2v) is 9.80. The van der Waals surface area contributed by atoms with Crippen molar-refractivity contribution < 1.29 is 13.6 Å². The number of halogens is 2. The Morgan fingerprint density at radius 1 is 1.19 bits per heavy atom. The molecule has 8 nitrogen and oxygen atoms in total. The van der Waals surface area contributed by atoms with E-state index in [9.17, 15) is 13.6 Å². The number of anilines is 1. The molecule has 1 aliphatic rings. The quantitative estimate of drug-likeness (QED) is 0.273. The zero-order chi connectivity index (χ0) is 25.9. The number of amides is 2. The van der Waals surface area contributed by atoms with Crippen molar-refractivity contribution >= 4 is 33.4 Å². The van der Waals surface area contributed by atoms with Crippen molar-refractivity contribution in [2.24, 2.45) is 0 Å². The first kappa shape index (κ1) is 25.0. The molecule has 192 valence electrons. The van der Waals surface area contributed by atoms with Gasteiger partial charge in [-0.25, -0.2) is 24.1 Å². The second-order valence-electron chi connectivity index (χ2n) is 8.74. The summed E-state index contributed by atoms with van der Waals surface area (Å²) in [5.41, 5.74) is 2.67. The van der Waals surface area contributed by atoms with Gasteiger partial charge in [0, 0.05) is 54.7 Å². The van der Waals surface area contributed by atoms with Crippen LogP contribution in [0.2, 0.25) is 0 Å². The smallest absolute Gasteiger partial charge is 0.317 e. The Balaban J connectivity index is 1.47. The van der Waals surface area contributed by atoms with Gasteiger partial charge in [0.25, 0.3) is 0 Å². The number of aromatic nitrogens is 3. The maximum Gasteiger partial charge on any atom is 0.317 e. The molecule has 0 saturated carbocycles. The minimum Gasteiger partial charge on any atom is -0.352 e. The lowest BCUT2D eigenvalue weighted by molar-refractivity contribution is 0.219. The Labute approximate surface area is 217 Å². The molecule has 1 aromatic carbocycles. The molecule has 2 amide bonds. The molecule has 37 heavy (non-hydrogen) atoms. The van der Waals surface area contributed by atoms with Crippen molar-refractivity contribution in [2.45, 2.75) is 19.9 Å². The fourth-order valence-corrected chi connectivity index (χ4v) is 5.66. The van der Waals surface area contributed by atoms with Crippen LogP contribution in [-0.4, -0.2) is 58.6 Å². The molecular formula is C26H27F2N7OS. The van der Waals surface area contributed by atoms with Crippen LogP contribution in [0.25, 0.3) is 31.8 Å². The minimum atomic E-state index is -0.555. The van der Waals surface area contributed by atoms with Gasteiger partial charge in [0.1, 0.15) is 5.69 Å². The number of rotatable bonds is 9. The van der Waals surface area contributed by atoms with Gasteiger partial charge in [-0.1, -0.05) is 25.1 Å². The highest BCUT2D eigenvalue weighted by atomic mass is 32.1. The number of carbonyl (C=O) groups excluding carboxylic acids is 1. The first-order valence-electron chi connectivity index (χ1n) is 12.2. The minimum absolute atomic E-state index is 0.0256. The number of nitrogens with one attached hydrogen (secondary N) is 3. The van der Waals surface area contributed by atoms with Gasteiger partial charge in [0.2, 0.25) is 11.9 Å². The van der Waals surface area contributed by atoms with Gasteiger partial charge in [-0.05, 0) is 36.0 Å². The van der Waals surface area contributed by atoms with Crippen molar-refractivity contribution in [3.05, 3.63) is 60.1 Å². The number of benzene rings is 1. The third kappa shape index (κ3) is 5.23.